The molecule has 5 heteroatoms. The molecule has 0 amide bonds. The second-order valence-electron chi connectivity index (χ2n) is 8.00. The second-order valence-corrected chi connectivity index (χ2v) is 8.92. The zero-order chi connectivity index (χ0) is 20.9. The fourth-order valence-electron chi connectivity index (χ4n) is 4.55. The number of hydrogen-bond acceptors (Lipinski definition) is 5. The zero-order valence-electron chi connectivity index (χ0n) is 17.6. The maximum Gasteiger partial charge on any atom is 0.305 e. The number of nitrogens with zero attached hydrogens (tertiary/aromatic N) is 1. The third kappa shape index (κ3) is 4.57. The van der Waals surface area contributed by atoms with Crippen molar-refractivity contribution >= 4 is 28.7 Å². The third-order valence-corrected chi connectivity index (χ3v) is 7.00. The summed E-state index contributed by atoms with van der Waals surface area (Å²) in [5.74, 6) is 0.151. The van der Waals surface area contributed by atoms with Gasteiger partial charge >= 0.3 is 5.97 Å². The van der Waals surface area contributed by atoms with Crippen molar-refractivity contribution < 1.29 is 14.3 Å². The molecule has 0 saturated carbocycles. The highest BCUT2D eigenvalue weighted by molar-refractivity contribution is 7.12. The van der Waals surface area contributed by atoms with Crippen molar-refractivity contribution in [2.45, 2.75) is 45.4 Å². The maximum atomic E-state index is 12.8. The minimum atomic E-state index is -0.0868. The van der Waals surface area contributed by atoms with Crippen molar-refractivity contribution in [1.29, 1.82) is 0 Å². The number of benzene rings is 1. The Balaban J connectivity index is 1.46. The molecular formula is C25H29NO3S. The molecule has 1 aromatic heterocycles. The molecule has 0 spiro atoms. The Labute approximate surface area is 182 Å². The van der Waals surface area contributed by atoms with E-state index in [1.807, 2.05) is 13.0 Å². The molecular weight excluding hydrogens is 394 g/mol. The topological polar surface area (TPSA) is 46.6 Å². The van der Waals surface area contributed by atoms with Crippen molar-refractivity contribution in [3.8, 4) is 0 Å². The van der Waals surface area contributed by atoms with Gasteiger partial charge in [0.05, 0.1) is 11.5 Å². The van der Waals surface area contributed by atoms with Gasteiger partial charge in [0.15, 0.2) is 5.78 Å². The molecule has 2 aliphatic rings. The van der Waals surface area contributed by atoms with Crippen molar-refractivity contribution in [3.05, 3.63) is 62.9 Å². The molecule has 4 rings (SSSR count). The minimum Gasteiger partial charge on any atom is -0.466 e. The Morgan fingerprint density at radius 2 is 1.90 bits per heavy atom. The monoisotopic (exact) mass is 423 g/mol. The number of ketones is 1. The van der Waals surface area contributed by atoms with Crippen LogP contribution in [0.1, 0.15) is 65.4 Å². The number of likely N-dealkylation sites (tertiary alicyclic amines) is 1. The van der Waals surface area contributed by atoms with Crippen molar-refractivity contribution in [2.24, 2.45) is 0 Å². The highest BCUT2D eigenvalue weighted by atomic mass is 32.1. The summed E-state index contributed by atoms with van der Waals surface area (Å²) in [5.41, 5.74) is 6.29. The van der Waals surface area contributed by atoms with Gasteiger partial charge in [-0.25, -0.2) is 0 Å². The third-order valence-electron chi connectivity index (χ3n) is 6.05. The van der Waals surface area contributed by atoms with E-state index in [-0.39, 0.29) is 11.8 Å². The van der Waals surface area contributed by atoms with Crippen LogP contribution >= 0.6 is 11.3 Å². The number of ether oxygens (including phenoxy) is 1. The van der Waals surface area contributed by atoms with Crippen molar-refractivity contribution in [3.63, 3.8) is 0 Å². The predicted octanol–water partition coefficient (Wildman–Crippen LogP) is 5.12. The number of piperidine rings is 1. The van der Waals surface area contributed by atoms with Crippen LogP contribution in [-0.2, 0) is 16.0 Å². The van der Waals surface area contributed by atoms with Crippen LogP contribution in [0, 0.1) is 0 Å². The summed E-state index contributed by atoms with van der Waals surface area (Å²) in [6.45, 7) is 5.41. The van der Waals surface area contributed by atoms with Gasteiger partial charge in [0.25, 0.3) is 0 Å². The zero-order valence-corrected chi connectivity index (χ0v) is 18.4. The number of fused-ring (bicyclic) bond motifs is 2. The fraction of sp³-hybridized carbons (Fsp3) is 0.440. The van der Waals surface area contributed by atoms with E-state index in [0.29, 0.717) is 19.4 Å². The Kier molecular flexibility index (Phi) is 6.80. The Morgan fingerprint density at radius 3 is 2.70 bits per heavy atom. The lowest BCUT2D eigenvalue weighted by Gasteiger charge is -2.30. The van der Waals surface area contributed by atoms with Gasteiger partial charge in [-0.1, -0.05) is 29.8 Å². The van der Waals surface area contributed by atoms with Crippen LogP contribution in [-0.4, -0.2) is 42.9 Å². The highest BCUT2D eigenvalue weighted by Crippen LogP contribution is 2.40. The average Bonchev–Trinajstić information content (AvgIpc) is 3.19. The van der Waals surface area contributed by atoms with Crippen molar-refractivity contribution in [1.82, 2.24) is 4.90 Å². The SMILES string of the molecule is CCOC(=O)CCCCN1CCC(=C2c3ccccc3CC(=O)c3sccc32)CC1. The number of esters is 1. The molecule has 2 aromatic rings. The number of Topliss-reactive ketones (excluding diaryl/α,β-unsaturated/α-hetero) is 1. The number of carbonyl (C=O) groups excluding carboxylic acids is 2. The largest absolute Gasteiger partial charge is 0.466 e. The number of carbonyl (C=O) groups is 2. The predicted molar refractivity (Wildman–Crippen MR) is 121 cm³/mol. The first-order valence-corrected chi connectivity index (χ1v) is 11.8. The first-order chi connectivity index (χ1) is 14.7. The molecule has 0 N–H and O–H groups in total. The summed E-state index contributed by atoms with van der Waals surface area (Å²) in [7, 11) is 0. The van der Waals surface area contributed by atoms with Gasteiger partial charge in [0, 0.05) is 31.5 Å². The van der Waals surface area contributed by atoms with Gasteiger partial charge in [-0.3, -0.25) is 9.59 Å². The van der Waals surface area contributed by atoms with Crippen LogP contribution < -0.4 is 0 Å². The van der Waals surface area contributed by atoms with Crippen LogP contribution in [0.2, 0.25) is 0 Å². The lowest BCUT2D eigenvalue weighted by molar-refractivity contribution is -0.143. The number of hydrogen-bond donors (Lipinski definition) is 0. The molecule has 4 nitrogen and oxygen atoms in total. The number of thiophene rings is 1. The van der Waals surface area contributed by atoms with E-state index in [9.17, 15) is 9.59 Å². The molecule has 1 fully saturated rings. The standard InChI is InChI=1S/C25H29NO3S/c1-2-29-23(28)9-5-6-13-26-14-10-18(11-15-26)24-20-8-4-3-7-19(20)17-22(27)25-21(24)12-16-30-25/h3-4,7-8,12,16H,2,5-6,9-11,13-15,17H2,1H3. The van der Waals surface area contributed by atoms with Gasteiger partial charge in [0.2, 0.25) is 0 Å². The molecule has 158 valence electrons. The summed E-state index contributed by atoms with van der Waals surface area (Å²) in [5, 5.41) is 2.05. The average molecular weight is 424 g/mol. The van der Waals surface area contributed by atoms with Gasteiger partial charge in [-0.15, -0.1) is 11.3 Å². The number of rotatable bonds is 6. The van der Waals surface area contributed by atoms with Crippen LogP contribution in [0.4, 0.5) is 0 Å². The lowest BCUT2D eigenvalue weighted by atomic mass is 9.87. The van der Waals surface area contributed by atoms with Crippen LogP contribution in [0.5, 0.6) is 0 Å². The molecule has 1 aliphatic heterocycles. The van der Waals surface area contributed by atoms with E-state index < -0.39 is 0 Å². The van der Waals surface area contributed by atoms with E-state index in [0.717, 1.165) is 61.3 Å². The Bertz CT molecular complexity index is 949. The first-order valence-electron chi connectivity index (χ1n) is 11.0. The minimum absolute atomic E-state index is 0.0868. The van der Waals surface area contributed by atoms with Crippen LogP contribution in [0.15, 0.2) is 41.3 Å². The quantitative estimate of drug-likeness (QED) is 0.478. The van der Waals surface area contributed by atoms with E-state index in [4.69, 9.17) is 4.74 Å². The highest BCUT2D eigenvalue weighted by Gasteiger charge is 2.27. The fourth-order valence-corrected chi connectivity index (χ4v) is 5.40. The van der Waals surface area contributed by atoms with Gasteiger partial charge in [0.1, 0.15) is 0 Å². The molecule has 30 heavy (non-hydrogen) atoms. The van der Waals surface area contributed by atoms with E-state index >= 15 is 0 Å². The molecule has 2 heterocycles. The van der Waals surface area contributed by atoms with Crippen LogP contribution in [0.3, 0.4) is 0 Å². The Morgan fingerprint density at radius 1 is 1.10 bits per heavy atom. The smallest absolute Gasteiger partial charge is 0.305 e. The van der Waals surface area contributed by atoms with Gasteiger partial charge < -0.3 is 9.64 Å². The maximum absolute atomic E-state index is 12.8. The lowest BCUT2D eigenvalue weighted by Crippen LogP contribution is -2.32. The molecule has 0 radical (unpaired) electrons. The summed E-state index contributed by atoms with van der Waals surface area (Å²) in [6.07, 6.45) is 4.99. The number of unbranched alkanes of at least 4 members (excludes halogenated alkanes) is 1. The first kappa shape index (κ1) is 21.0. The van der Waals surface area contributed by atoms with E-state index in [2.05, 4.69) is 34.5 Å². The van der Waals surface area contributed by atoms with E-state index in [1.54, 1.807) is 11.3 Å². The Hall–Kier alpha value is -2.24. The molecule has 1 saturated heterocycles. The summed E-state index contributed by atoms with van der Waals surface area (Å²) in [6, 6.07) is 10.5. The molecule has 0 bridgehead atoms. The summed E-state index contributed by atoms with van der Waals surface area (Å²) >= 11 is 1.57. The molecule has 1 aliphatic carbocycles. The summed E-state index contributed by atoms with van der Waals surface area (Å²) < 4.78 is 5.00. The van der Waals surface area contributed by atoms with Crippen LogP contribution in [0.25, 0.3) is 5.57 Å². The second kappa shape index (κ2) is 9.71. The molecule has 1 aromatic carbocycles. The van der Waals surface area contributed by atoms with Gasteiger partial charge in [-0.05, 0) is 67.3 Å². The normalized spacial score (nSPS) is 16.8. The summed E-state index contributed by atoms with van der Waals surface area (Å²) in [4.78, 5) is 27.7. The van der Waals surface area contributed by atoms with E-state index in [1.165, 1.54) is 16.7 Å². The molecule has 0 atom stereocenters. The molecule has 0 unspecified atom stereocenters. The van der Waals surface area contributed by atoms with Gasteiger partial charge in [-0.2, -0.15) is 0 Å². The van der Waals surface area contributed by atoms with Crippen molar-refractivity contribution in [2.75, 3.05) is 26.2 Å².